The van der Waals surface area contributed by atoms with E-state index < -0.39 is 18.6 Å². The molecule has 1 saturated carbocycles. The Kier molecular flexibility index (Phi) is 3.61. The first-order valence-electron chi connectivity index (χ1n) is 5.36. The van der Waals surface area contributed by atoms with Crippen LogP contribution in [-0.2, 0) is 0 Å². The third-order valence-electron chi connectivity index (χ3n) is 2.57. The standard InChI is InChI=1S/C11H10BrF3N2O/c12-9-5-7(3-4-16-9)10(18)17(8-1-2-8)6-11(13,14)15/h3-5,8H,1-2,6H2. The fourth-order valence-corrected chi connectivity index (χ4v) is 2.01. The number of rotatable bonds is 3. The summed E-state index contributed by atoms with van der Waals surface area (Å²) in [4.78, 5) is 16.8. The molecule has 0 unspecified atom stereocenters. The first-order chi connectivity index (χ1) is 8.37. The second kappa shape index (κ2) is 4.87. The molecule has 0 spiro atoms. The summed E-state index contributed by atoms with van der Waals surface area (Å²) in [5.41, 5.74) is 0.216. The predicted molar refractivity (Wildman–Crippen MR) is 62.1 cm³/mol. The van der Waals surface area contributed by atoms with E-state index in [1.54, 1.807) is 0 Å². The minimum atomic E-state index is -4.37. The lowest BCUT2D eigenvalue weighted by Gasteiger charge is -2.23. The van der Waals surface area contributed by atoms with Crippen molar-refractivity contribution in [3.05, 3.63) is 28.5 Å². The molecule has 0 N–H and O–H groups in total. The smallest absolute Gasteiger partial charge is 0.327 e. The molecule has 1 amide bonds. The SMILES string of the molecule is O=C(c1ccnc(Br)c1)N(CC(F)(F)F)C1CC1. The number of aromatic nitrogens is 1. The molecule has 1 fully saturated rings. The summed E-state index contributed by atoms with van der Waals surface area (Å²) < 4.78 is 37.7. The van der Waals surface area contributed by atoms with Crippen LogP contribution in [0.5, 0.6) is 0 Å². The van der Waals surface area contributed by atoms with Gasteiger partial charge in [-0.1, -0.05) is 0 Å². The van der Waals surface area contributed by atoms with Crippen LogP contribution < -0.4 is 0 Å². The zero-order valence-electron chi connectivity index (χ0n) is 9.25. The van der Waals surface area contributed by atoms with Gasteiger partial charge in [0.15, 0.2) is 0 Å². The van der Waals surface area contributed by atoms with E-state index in [0.717, 1.165) is 4.90 Å². The minimum absolute atomic E-state index is 0.216. The van der Waals surface area contributed by atoms with Gasteiger partial charge in [-0.2, -0.15) is 13.2 Å². The number of hydrogen-bond donors (Lipinski definition) is 0. The van der Waals surface area contributed by atoms with Gasteiger partial charge in [-0.25, -0.2) is 4.98 Å². The second-order valence-electron chi connectivity index (χ2n) is 4.15. The average Bonchev–Trinajstić information content (AvgIpc) is 3.07. The molecule has 0 radical (unpaired) electrons. The van der Waals surface area contributed by atoms with Gasteiger partial charge in [-0.3, -0.25) is 4.79 Å². The van der Waals surface area contributed by atoms with Gasteiger partial charge >= 0.3 is 6.18 Å². The molecular formula is C11H10BrF3N2O. The number of hydrogen-bond acceptors (Lipinski definition) is 2. The monoisotopic (exact) mass is 322 g/mol. The summed E-state index contributed by atoms with van der Waals surface area (Å²) in [6.07, 6.45) is -1.72. The van der Waals surface area contributed by atoms with Crippen molar-refractivity contribution in [2.24, 2.45) is 0 Å². The summed E-state index contributed by atoms with van der Waals surface area (Å²) >= 11 is 3.09. The fraction of sp³-hybridized carbons (Fsp3) is 0.455. The van der Waals surface area contributed by atoms with E-state index in [0.29, 0.717) is 17.4 Å². The molecule has 0 aliphatic heterocycles. The number of halogens is 4. The molecule has 1 aliphatic carbocycles. The molecule has 0 atom stereocenters. The zero-order chi connectivity index (χ0) is 13.3. The zero-order valence-corrected chi connectivity index (χ0v) is 10.8. The largest absolute Gasteiger partial charge is 0.406 e. The lowest BCUT2D eigenvalue weighted by Crippen LogP contribution is -2.40. The Morgan fingerprint density at radius 3 is 2.67 bits per heavy atom. The Morgan fingerprint density at radius 2 is 2.17 bits per heavy atom. The van der Waals surface area contributed by atoms with Crippen molar-refractivity contribution in [1.29, 1.82) is 0 Å². The van der Waals surface area contributed by atoms with Crippen molar-refractivity contribution < 1.29 is 18.0 Å². The van der Waals surface area contributed by atoms with E-state index in [1.807, 2.05) is 0 Å². The van der Waals surface area contributed by atoms with E-state index in [2.05, 4.69) is 20.9 Å². The quantitative estimate of drug-likeness (QED) is 0.801. The topological polar surface area (TPSA) is 33.2 Å². The number of carbonyl (C=O) groups is 1. The van der Waals surface area contributed by atoms with Crippen LogP contribution in [0.3, 0.4) is 0 Å². The molecule has 2 rings (SSSR count). The molecule has 1 aromatic rings. The number of carbonyl (C=O) groups excluding carboxylic acids is 1. The van der Waals surface area contributed by atoms with Crippen molar-refractivity contribution in [3.8, 4) is 0 Å². The van der Waals surface area contributed by atoms with Gasteiger partial charge in [-0.05, 0) is 40.9 Å². The van der Waals surface area contributed by atoms with Crippen LogP contribution in [0.25, 0.3) is 0 Å². The number of alkyl halides is 3. The van der Waals surface area contributed by atoms with Gasteiger partial charge in [0.25, 0.3) is 5.91 Å². The minimum Gasteiger partial charge on any atom is -0.327 e. The molecule has 1 aromatic heterocycles. The number of nitrogens with zero attached hydrogens (tertiary/aromatic N) is 2. The van der Waals surface area contributed by atoms with Gasteiger partial charge < -0.3 is 4.90 Å². The Morgan fingerprint density at radius 1 is 1.50 bits per heavy atom. The highest BCUT2D eigenvalue weighted by Gasteiger charge is 2.40. The highest BCUT2D eigenvalue weighted by molar-refractivity contribution is 9.10. The van der Waals surface area contributed by atoms with Gasteiger partial charge in [0.2, 0.25) is 0 Å². The third-order valence-corrected chi connectivity index (χ3v) is 3.01. The van der Waals surface area contributed by atoms with Crippen LogP contribution >= 0.6 is 15.9 Å². The first kappa shape index (κ1) is 13.3. The molecule has 1 aliphatic rings. The van der Waals surface area contributed by atoms with Crippen LogP contribution in [0, 0.1) is 0 Å². The second-order valence-corrected chi connectivity index (χ2v) is 4.96. The van der Waals surface area contributed by atoms with Crippen LogP contribution in [0.15, 0.2) is 22.9 Å². The Labute approximate surface area is 110 Å². The molecular weight excluding hydrogens is 313 g/mol. The average molecular weight is 323 g/mol. The Bertz CT molecular complexity index is 460. The van der Waals surface area contributed by atoms with Gasteiger partial charge in [0, 0.05) is 17.8 Å². The molecule has 3 nitrogen and oxygen atoms in total. The summed E-state index contributed by atoms with van der Waals surface area (Å²) in [5, 5.41) is 0. The Balaban J connectivity index is 2.18. The number of pyridine rings is 1. The van der Waals surface area contributed by atoms with Crippen LogP contribution in [0.1, 0.15) is 23.2 Å². The van der Waals surface area contributed by atoms with E-state index in [1.165, 1.54) is 18.3 Å². The van der Waals surface area contributed by atoms with Crippen molar-refractivity contribution in [1.82, 2.24) is 9.88 Å². The van der Waals surface area contributed by atoms with Crippen molar-refractivity contribution in [2.75, 3.05) is 6.54 Å². The summed E-state index contributed by atoms with van der Waals surface area (Å²) in [6, 6.07) is 2.55. The van der Waals surface area contributed by atoms with Crippen molar-refractivity contribution >= 4 is 21.8 Å². The molecule has 0 bridgehead atoms. The lowest BCUT2D eigenvalue weighted by atomic mass is 10.2. The fourth-order valence-electron chi connectivity index (χ4n) is 1.65. The van der Waals surface area contributed by atoms with Gasteiger partial charge in [0.1, 0.15) is 11.1 Å². The third kappa shape index (κ3) is 3.44. The normalized spacial score (nSPS) is 15.6. The first-order valence-corrected chi connectivity index (χ1v) is 6.15. The van der Waals surface area contributed by atoms with E-state index >= 15 is 0 Å². The van der Waals surface area contributed by atoms with E-state index in [-0.39, 0.29) is 11.6 Å². The molecule has 18 heavy (non-hydrogen) atoms. The van der Waals surface area contributed by atoms with Crippen LogP contribution in [0.2, 0.25) is 0 Å². The van der Waals surface area contributed by atoms with E-state index in [4.69, 9.17) is 0 Å². The van der Waals surface area contributed by atoms with Crippen molar-refractivity contribution in [3.63, 3.8) is 0 Å². The summed E-state index contributed by atoms with van der Waals surface area (Å²) in [5.74, 6) is -0.599. The maximum atomic E-state index is 12.4. The lowest BCUT2D eigenvalue weighted by molar-refractivity contribution is -0.141. The summed E-state index contributed by atoms with van der Waals surface area (Å²) in [7, 11) is 0. The maximum absolute atomic E-state index is 12.4. The predicted octanol–water partition coefficient (Wildman–Crippen LogP) is 3.01. The van der Waals surface area contributed by atoms with Gasteiger partial charge in [0.05, 0.1) is 0 Å². The maximum Gasteiger partial charge on any atom is 0.406 e. The molecule has 0 saturated heterocycles. The van der Waals surface area contributed by atoms with Crippen molar-refractivity contribution in [2.45, 2.75) is 25.1 Å². The molecule has 1 heterocycles. The van der Waals surface area contributed by atoms with Crippen LogP contribution in [-0.4, -0.2) is 34.6 Å². The van der Waals surface area contributed by atoms with E-state index in [9.17, 15) is 18.0 Å². The summed E-state index contributed by atoms with van der Waals surface area (Å²) in [6.45, 7) is -1.20. The number of amides is 1. The highest BCUT2D eigenvalue weighted by atomic mass is 79.9. The molecule has 0 aromatic carbocycles. The highest BCUT2D eigenvalue weighted by Crippen LogP contribution is 2.31. The molecule has 7 heteroatoms. The van der Waals surface area contributed by atoms with Crippen LogP contribution in [0.4, 0.5) is 13.2 Å². The molecule has 98 valence electrons. The Hall–Kier alpha value is -1.11. The van der Waals surface area contributed by atoms with Gasteiger partial charge in [-0.15, -0.1) is 0 Å².